The molecular weight excluding hydrogens is 482 g/mol. The summed E-state index contributed by atoms with van der Waals surface area (Å²) >= 11 is 0. The minimum atomic E-state index is -4.60. The number of hydrogen-bond donors (Lipinski definition) is 1. The number of ketones is 1. The zero-order valence-corrected chi connectivity index (χ0v) is 19.0. The second-order valence-corrected chi connectivity index (χ2v) is 7.83. The van der Waals surface area contributed by atoms with E-state index < -0.39 is 41.0 Å². The molecule has 36 heavy (non-hydrogen) atoms. The fourth-order valence-electron chi connectivity index (χ4n) is 4.01. The molecule has 1 unspecified atom stereocenters. The highest BCUT2D eigenvalue weighted by Crippen LogP contribution is 2.44. The molecule has 4 rings (SSSR count). The van der Waals surface area contributed by atoms with Gasteiger partial charge in [-0.2, -0.15) is 13.2 Å². The number of aliphatic hydroxyl groups excluding tert-OH is 1. The summed E-state index contributed by atoms with van der Waals surface area (Å²) in [7, 11) is 2.77. The average Bonchev–Trinajstić information content (AvgIpc) is 3.13. The van der Waals surface area contributed by atoms with Crippen LogP contribution < -0.4 is 14.4 Å². The zero-order valence-electron chi connectivity index (χ0n) is 19.0. The van der Waals surface area contributed by atoms with E-state index in [9.17, 15) is 32.3 Å². The Kier molecular flexibility index (Phi) is 6.45. The second-order valence-electron chi connectivity index (χ2n) is 7.83. The number of rotatable bonds is 5. The van der Waals surface area contributed by atoms with Gasteiger partial charge in [0.05, 0.1) is 37.0 Å². The molecule has 1 heterocycles. The molecule has 1 N–H and O–H groups in total. The zero-order chi connectivity index (χ0) is 26.2. The van der Waals surface area contributed by atoms with Gasteiger partial charge in [-0.1, -0.05) is 12.1 Å². The Morgan fingerprint density at radius 1 is 0.917 bits per heavy atom. The van der Waals surface area contributed by atoms with Gasteiger partial charge in [0.15, 0.2) is 0 Å². The van der Waals surface area contributed by atoms with Crippen molar-refractivity contribution >= 4 is 23.1 Å². The van der Waals surface area contributed by atoms with Crippen molar-refractivity contribution in [2.75, 3.05) is 19.1 Å². The van der Waals surface area contributed by atoms with Crippen LogP contribution in [0.3, 0.4) is 0 Å². The fraction of sp³-hybridized carbons (Fsp3) is 0.154. The molecule has 0 radical (unpaired) electrons. The monoisotopic (exact) mass is 501 g/mol. The van der Waals surface area contributed by atoms with Gasteiger partial charge in [-0.15, -0.1) is 0 Å². The number of benzene rings is 3. The maximum atomic E-state index is 13.7. The number of ether oxygens (including phenoxy) is 2. The van der Waals surface area contributed by atoms with Gasteiger partial charge in [0, 0.05) is 11.8 Å². The Bertz CT molecular complexity index is 1350. The number of anilines is 1. The summed E-state index contributed by atoms with van der Waals surface area (Å²) < 4.78 is 63.3. The molecule has 6 nitrogen and oxygen atoms in total. The normalized spacial score (nSPS) is 17.4. The van der Waals surface area contributed by atoms with E-state index in [1.807, 2.05) is 0 Å². The standard InChI is InChI=1S/C26H19F4NO5/c1-35-18-11-12-19(20(13-18)36-2)23(32)21-22(14-3-7-16(27)8-4-14)31(25(34)24(21)33)17-9-5-15(6-10-17)26(28,29)30/h3-13,22,32H,1-2H3/b23-21-. The number of alkyl halides is 3. The number of carbonyl (C=O) groups is 2. The predicted molar refractivity (Wildman–Crippen MR) is 122 cm³/mol. The smallest absolute Gasteiger partial charge is 0.416 e. The van der Waals surface area contributed by atoms with Crippen LogP contribution in [0.2, 0.25) is 0 Å². The van der Waals surface area contributed by atoms with Crippen LogP contribution in [0.5, 0.6) is 11.5 Å². The molecule has 3 aromatic rings. The van der Waals surface area contributed by atoms with Crippen molar-refractivity contribution < 1.29 is 41.7 Å². The molecule has 1 aliphatic heterocycles. The molecule has 0 saturated carbocycles. The summed E-state index contributed by atoms with van der Waals surface area (Å²) in [6.45, 7) is 0. The van der Waals surface area contributed by atoms with Gasteiger partial charge in [-0.05, 0) is 54.1 Å². The summed E-state index contributed by atoms with van der Waals surface area (Å²) in [5.74, 6) is -2.74. The van der Waals surface area contributed by atoms with Crippen LogP contribution >= 0.6 is 0 Å². The van der Waals surface area contributed by atoms with Gasteiger partial charge in [0.2, 0.25) is 0 Å². The lowest BCUT2D eigenvalue weighted by Crippen LogP contribution is -2.29. The van der Waals surface area contributed by atoms with Crippen LogP contribution in [0, 0.1) is 5.82 Å². The van der Waals surface area contributed by atoms with Gasteiger partial charge in [-0.3, -0.25) is 14.5 Å². The quantitative estimate of drug-likeness (QED) is 0.217. The molecular formula is C26H19F4NO5. The maximum absolute atomic E-state index is 13.7. The second kappa shape index (κ2) is 9.37. The van der Waals surface area contributed by atoms with Gasteiger partial charge in [-0.25, -0.2) is 4.39 Å². The molecule has 10 heteroatoms. The van der Waals surface area contributed by atoms with Crippen molar-refractivity contribution in [1.82, 2.24) is 0 Å². The summed E-state index contributed by atoms with van der Waals surface area (Å²) in [6.07, 6.45) is -4.60. The number of halogens is 4. The third kappa shape index (κ3) is 4.37. The number of Topliss-reactive ketones (excluding diaryl/α,β-unsaturated/α-hetero) is 1. The topological polar surface area (TPSA) is 76.1 Å². The average molecular weight is 501 g/mol. The van der Waals surface area contributed by atoms with E-state index in [0.717, 1.165) is 41.3 Å². The van der Waals surface area contributed by atoms with Gasteiger partial charge in [0.1, 0.15) is 23.1 Å². The summed E-state index contributed by atoms with van der Waals surface area (Å²) in [4.78, 5) is 27.3. The van der Waals surface area contributed by atoms with Crippen molar-refractivity contribution in [1.29, 1.82) is 0 Å². The molecule has 3 aromatic carbocycles. The van der Waals surface area contributed by atoms with Crippen LogP contribution in [-0.2, 0) is 15.8 Å². The Hall–Kier alpha value is -4.34. The molecule has 1 fully saturated rings. The number of amides is 1. The Balaban J connectivity index is 1.92. The van der Waals surface area contributed by atoms with Gasteiger partial charge >= 0.3 is 6.18 Å². The third-order valence-corrected chi connectivity index (χ3v) is 5.77. The number of aliphatic hydroxyl groups is 1. The highest BCUT2D eigenvalue weighted by molar-refractivity contribution is 6.51. The molecule has 186 valence electrons. The number of hydrogen-bond acceptors (Lipinski definition) is 5. The first-order chi connectivity index (χ1) is 17.1. The van der Waals surface area contributed by atoms with E-state index >= 15 is 0 Å². The number of carbonyl (C=O) groups excluding carboxylic acids is 2. The number of nitrogens with zero attached hydrogens (tertiary/aromatic N) is 1. The molecule has 1 saturated heterocycles. The lowest BCUT2D eigenvalue weighted by atomic mass is 9.94. The number of methoxy groups -OCH3 is 2. The SMILES string of the molecule is COc1ccc(/C(O)=C2/C(=O)C(=O)N(c3ccc(C(F)(F)F)cc3)C2c2ccc(F)cc2)c(OC)c1. The predicted octanol–water partition coefficient (Wildman–Crippen LogP) is 5.49. The van der Waals surface area contributed by atoms with E-state index in [4.69, 9.17) is 9.47 Å². The van der Waals surface area contributed by atoms with Crippen molar-refractivity contribution in [2.45, 2.75) is 12.2 Å². The highest BCUT2D eigenvalue weighted by Gasteiger charge is 2.47. The van der Waals surface area contributed by atoms with Crippen molar-refractivity contribution in [3.8, 4) is 11.5 Å². The Morgan fingerprint density at radius 2 is 1.56 bits per heavy atom. The minimum Gasteiger partial charge on any atom is -0.507 e. The van der Waals surface area contributed by atoms with E-state index in [0.29, 0.717) is 5.75 Å². The van der Waals surface area contributed by atoms with E-state index in [-0.39, 0.29) is 28.1 Å². The third-order valence-electron chi connectivity index (χ3n) is 5.77. The lowest BCUT2D eigenvalue weighted by Gasteiger charge is -2.26. The minimum absolute atomic E-state index is 0.0137. The Labute approximate surface area is 203 Å². The first-order valence-electron chi connectivity index (χ1n) is 10.5. The van der Waals surface area contributed by atoms with Gasteiger partial charge in [0.25, 0.3) is 11.7 Å². The molecule has 0 aromatic heterocycles. The highest BCUT2D eigenvalue weighted by atomic mass is 19.4. The van der Waals surface area contributed by atoms with Crippen LogP contribution in [0.4, 0.5) is 23.2 Å². The van der Waals surface area contributed by atoms with Crippen LogP contribution in [0.1, 0.15) is 22.7 Å². The van der Waals surface area contributed by atoms with E-state index in [1.54, 1.807) is 0 Å². The molecule has 1 aliphatic rings. The van der Waals surface area contributed by atoms with Crippen LogP contribution in [-0.4, -0.2) is 31.0 Å². The molecule has 0 bridgehead atoms. The van der Waals surface area contributed by atoms with E-state index in [2.05, 4.69) is 0 Å². The first-order valence-corrected chi connectivity index (χ1v) is 10.5. The van der Waals surface area contributed by atoms with E-state index in [1.165, 1.54) is 44.6 Å². The van der Waals surface area contributed by atoms with Crippen molar-refractivity contribution in [3.63, 3.8) is 0 Å². The molecule has 1 amide bonds. The molecule has 0 spiro atoms. The summed E-state index contributed by atoms with van der Waals surface area (Å²) in [6, 6.07) is 11.7. The molecule has 0 aliphatic carbocycles. The van der Waals surface area contributed by atoms with Crippen LogP contribution in [0.15, 0.2) is 72.3 Å². The lowest BCUT2D eigenvalue weighted by molar-refractivity contribution is -0.137. The summed E-state index contributed by atoms with van der Waals surface area (Å²) in [5, 5.41) is 11.2. The van der Waals surface area contributed by atoms with Crippen molar-refractivity contribution in [3.05, 3.63) is 94.8 Å². The first kappa shape index (κ1) is 24.8. The van der Waals surface area contributed by atoms with Gasteiger partial charge < -0.3 is 14.6 Å². The maximum Gasteiger partial charge on any atom is 0.416 e. The molecule has 1 atom stereocenters. The summed E-state index contributed by atoms with van der Waals surface area (Å²) in [5.41, 5.74) is -0.959. The largest absolute Gasteiger partial charge is 0.507 e. The fourth-order valence-corrected chi connectivity index (χ4v) is 4.01. The van der Waals surface area contributed by atoms with Crippen molar-refractivity contribution in [2.24, 2.45) is 0 Å². The van der Waals surface area contributed by atoms with Crippen LogP contribution in [0.25, 0.3) is 5.76 Å². The Morgan fingerprint density at radius 3 is 2.11 bits per heavy atom.